The highest BCUT2D eigenvalue weighted by Gasteiger charge is 2.08. The van der Waals surface area contributed by atoms with Gasteiger partial charge in [0, 0.05) is 12.2 Å². The molecule has 1 aromatic rings. The molecular weight excluding hydrogens is 179 g/mol. The van der Waals surface area contributed by atoms with Crippen LogP contribution >= 0.6 is 0 Å². The van der Waals surface area contributed by atoms with Crippen LogP contribution in [0.4, 0.5) is 4.39 Å². The average Bonchev–Trinajstić information content (AvgIpc) is 2.17. The van der Waals surface area contributed by atoms with Crippen LogP contribution in [0.5, 0.6) is 0 Å². The highest BCUT2D eigenvalue weighted by molar-refractivity contribution is 5.15. The molecule has 1 N–H and O–H groups in total. The predicted molar refractivity (Wildman–Crippen MR) is 55.4 cm³/mol. The predicted octanol–water partition coefficient (Wildman–Crippen LogP) is 2.45. The fourth-order valence-corrected chi connectivity index (χ4v) is 1.37. The number of nitrogens with zero attached hydrogens (tertiary/aromatic N) is 1. The summed E-state index contributed by atoms with van der Waals surface area (Å²) in [5.41, 5.74) is 0.867. The molecule has 1 aromatic heterocycles. The first kappa shape index (κ1) is 10.9. The average molecular weight is 194 g/mol. The van der Waals surface area contributed by atoms with Gasteiger partial charge < -0.3 is 5.32 Å². The summed E-state index contributed by atoms with van der Waals surface area (Å²) in [4.78, 5) is 3.82. The molecule has 0 bridgehead atoms. The molecule has 1 heterocycles. The first-order valence-electron chi connectivity index (χ1n) is 4.72. The lowest BCUT2D eigenvalue weighted by Crippen LogP contribution is -2.20. The fraction of sp³-hybridized carbons (Fsp3) is 0.364. The van der Waals surface area contributed by atoms with Crippen LogP contribution < -0.4 is 5.32 Å². The minimum atomic E-state index is -0.297. The zero-order valence-electron chi connectivity index (χ0n) is 8.33. The Kier molecular flexibility index (Phi) is 4.26. The van der Waals surface area contributed by atoms with E-state index >= 15 is 0 Å². The second-order valence-electron chi connectivity index (χ2n) is 3.07. The Labute approximate surface area is 83.9 Å². The van der Waals surface area contributed by atoms with Crippen LogP contribution in [0.15, 0.2) is 31.1 Å². The molecule has 0 aliphatic carbocycles. The summed E-state index contributed by atoms with van der Waals surface area (Å²) in [5, 5.41) is 3.25. The molecule has 76 valence electrons. The van der Waals surface area contributed by atoms with Gasteiger partial charge in [0.25, 0.3) is 0 Å². The maximum absolute atomic E-state index is 12.9. The van der Waals surface area contributed by atoms with Gasteiger partial charge in [-0.25, -0.2) is 4.39 Å². The van der Waals surface area contributed by atoms with E-state index in [9.17, 15) is 4.39 Å². The van der Waals surface area contributed by atoms with E-state index < -0.39 is 0 Å². The van der Waals surface area contributed by atoms with Crippen LogP contribution in [0.25, 0.3) is 0 Å². The van der Waals surface area contributed by atoms with Crippen molar-refractivity contribution < 1.29 is 4.39 Å². The van der Waals surface area contributed by atoms with Crippen LogP contribution in [-0.2, 0) is 0 Å². The number of halogens is 1. The van der Waals surface area contributed by atoms with Crippen molar-refractivity contribution in [2.45, 2.75) is 19.4 Å². The normalized spacial score (nSPS) is 12.4. The van der Waals surface area contributed by atoms with Gasteiger partial charge in [-0.1, -0.05) is 13.0 Å². The topological polar surface area (TPSA) is 24.9 Å². The summed E-state index contributed by atoms with van der Waals surface area (Å²) < 4.78 is 12.9. The van der Waals surface area contributed by atoms with Gasteiger partial charge in [-0.3, -0.25) is 4.98 Å². The van der Waals surface area contributed by atoms with Crippen LogP contribution in [-0.4, -0.2) is 11.5 Å². The third-order valence-electron chi connectivity index (χ3n) is 1.98. The Bertz CT molecular complexity index is 299. The molecule has 3 heteroatoms. The number of aromatic nitrogens is 1. The Hall–Kier alpha value is -1.22. The van der Waals surface area contributed by atoms with Crippen LogP contribution in [0.2, 0.25) is 0 Å². The SMILES string of the molecule is C=CCC(NCC)c1cncc(F)c1. The summed E-state index contributed by atoms with van der Waals surface area (Å²) in [6.45, 7) is 6.54. The van der Waals surface area contributed by atoms with Crippen molar-refractivity contribution >= 4 is 0 Å². The van der Waals surface area contributed by atoms with Crippen molar-refractivity contribution in [3.05, 3.63) is 42.5 Å². The van der Waals surface area contributed by atoms with Gasteiger partial charge in [-0.15, -0.1) is 6.58 Å². The minimum absolute atomic E-state index is 0.112. The highest BCUT2D eigenvalue weighted by Crippen LogP contribution is 2.16. The maximum atomic E-state index is 12.9. The van der Waals surface area contributed by atoms with Crippen LogP contribution in [0.1, 0.15) is 24.9 Å². The molecule has 1 rings (SSSR count). The molecule has 0 radical (unpaired) electrons. The molecule has 0 saturated heterocycles. The molecule has 0 spiro atoms. The van der Waals surface area contributed by atoms with E-state index in [1.165, 1.54) is 12.3 Å². The molecule has 1 atom stereocenters. The van der Waals surface area contributed by atoms with Gasteiger partial charge in [0.15, 0.2) is 0 Å². The minimum Gasteiger partial charge on any atom is -0.310 e. The van der Waals surface area contributed by atoms with E-state index in [0.717, 1.165) is 18.5 Å². The largest absolute Gasteiger partial charge is 0.310 e. The summed E-state index contributed by atoms with van der Waals surface area (Å²) >= 11 is 0. The van der Waals surface area contributed by atoms with Crippen molar-refractivity contribution in [1.29, 1.82) is 0 Å². The maximum Gasteiger partial charge on any atom is 0.141 e. The summed E-state index contributed by atoms with van der Waals surface area (Å²) in [6.07, 6.45) is 5.48. The Morgan fingerprint density at radius 3 is 3.00 bits per heavy atom. The monoisotopic (exact) mass is 194 g/mol. The van der Waals surface area contributed by atoms with Gasteiger partial charge in [0.05, 0.1) is 6.20 Å². The molecule has 14 heavy (non-hydrogen) atoms. The third-order valence-corrected chi connectivity index (χ3v) is 1.98. The standard InChI is InChI=1S/C11H15FN2/c1-3-5-11(14-4-2)9-6-10(12)8-13-7-9/h3,6-8,11,14H,1,4-5H2,2H3. The highest BCUT2D eigenvalue weighted by atomic mass is 19.1. The fourth-order valence-electron chi connectivity index (χ4n) is 1.37. The van der Waals surface area contributed by atoms with Gasteiger partial charge in [-0.2, -0.15) is 0 Å². The second-order valence-corrected chi connectivity index (χ2v) is 3.07. The van der Waals surface area contributed by atoms with Crippen molar-refractivity contribution in [2.24, 2.45) is 0 Å². The zero-order chi connectivity index (χ0) is 10.4. The molecule has 2 nitrogen and oxygen atoms in total. The number of nitrogens with one attached hydrogen (secondary N) is 1. The quantitative estimate of drug-likeness (QED) is 0.728. The Balaban J connectivity index is 2.80. The molecule has 0 saturated carbocycles. The summed E-state index contributed by atoms with van der Waals surface area (Å²) in [7, 11) is 0. The molecule has 0 fully saturated rings. The van der Waals surface area contributed by atoms with Gasteiger partial charge in [0.1, 0.15) is 5.82 Å². The molecule has 0 amide bonds. The molecule has 0 aliphatic heterocycles. The first-order valence-corrected chi connectivity index (χ1v) is 4.72. The smallest absolute Gasteiger partial charge is 0.141 e. The van der Waals surface area contributed by atoms with Crippen molar-refractivity contribution in [3.8, 4) is 0 Å². The van der Waals surface area contributed by atoms with Crippen LogP contribution in [0.3, 0.4) is 0 Å². The number of pyridine rings is 1. The van der Waals surface area contributed by atoms with E-state index in [1.54, 1.807) is 6.20 Å². The van der Waals surface area contributed by atoms with Gasteiger partial charge in [0.2, 0.25) is 0 Å². The van der Waals surface area contributed by atoms with E-state index in [-0.39, 0.29) is 11.9 Å². The lowest BCUT2D eigenvalue weighted by Gasteiger charge is -2.15. The first-order chi connectivity index (χ1) is 6.77. The number of hydrogen-bond acceptors (Lipinski definition) is 2. The number of rotatable bonds is 5. The van der Waals surface area contributed by atoms with Crippen LogP contribution in [0, 0.1) is 5.82 Å². The second kappa shape index (κ2) is 5.50. The molecule has 1 unspecified atom stereocenters. The molecule has 0 aromatic carbocycles. The van der Waals surface area contributed by atoms with E-state index in [0.29, 0.717) is 0 Å². The Morgan fingerprint density at radius 2 is 2.43 bits per heavy atom. The lowest BCUT2D eigenvalue weighted by atomic mass is 10.1. The number of hydrogen-bond donors (Lipinski definition) is 1. The zero-order valence-corrected chi connectivity index (χ0v) is 8.33. The van der Waals surface area contributed by atoms with Gasteiger partial charge in [-0.05, 0) is 24.6 Å². The Morgan fingerprint density at radius 1 is 1.64 bits per heavy atom. The van der Waals surface area contributed by atoms with Crippen molar-refractivity contribution in [1.82, 2.24) is 10.3 Å². The van der Waals surface area contributed by atoms with Gasteiger partial charge >= 0.3 is 0 Å². The molecular formula is C11H15FN2. The van der Waals surface area contributed by atoms with Crippen molar-refractivity contribution in [2.75, 3.05) is 6.54 Å². The van der Waals surface area contributed by atoms with Crippen molar-refractivity contribution in [3.63, 3.8) is 0 Å². The third kappa shape index (κ3) is 2.92. The van der Waals surface area contributed by atoms with E-state index in [1.807, 2.05) is 13.0 Å². The van der Waals surface area contributed by atoms with E-state index in [4.69, 9.17) is 0 Å². The summed E-state index contributed by atoms with van der Waals surface area (Å²) in [6, 6.07) is 1.62. The lowest BCUT2D eigenvalue weighted by molar-refractivity contribution is 0.547. The molecule has 0 aliphatic rings. The summed E-state index contributed by atoms with van der Waals surface area (Å²) in [5.74, 6) is -0.297. The van der Waals surface area contributed by atoms with E-state index in [2.05, 4.69) is 16.9 Å².